The minimum Gasteiger partial charge on any atom is -0.478 e. The van der Waals surface area contributed by atoms with Gasteiger partial charge in [0.05, 0.1) is 12.2 Å². The van der Waals surface area contributed by atoms with Crippen molar-refractivity contribution in [3.8, 4) is 11.1 Å². The first-order chi connectivity index (χ1) is 18.0. The predicted molar refractivity (Wildman–Crippen MR) is 137 cm³/mol. The molecule has 11 nitrogen and oxygen atoms in total. The number of carboxylic acids is 1. The Labute approximate surface area is 219 Å². The lowest BCUT2D eigenvalue weighted by atomic mass is 9.92. The Morgan fingerprint density at radius 3 is 2.42 bits per heavy atom. The van der Waals surface area contributed by atoms with Crippen molar-refractivity contribution >= 4 is 30.0 Å². The molecular formula is C27H31N3O8. The second kappa shape index (κ2) is 12.3. The van der Waals surface area contributed by atoms with Gasteiger partial charge < -0.3 is 30.3 Å². The number of carbonyl (C=O) groups excluding carboxylic acids is 3. The van der Waals surface area contributed by atoms with Crippen LogP contribution in [0.4, 0.5) is 4.79 Å². The summed E-state index contributed by atoms with van der Waals surface area (Å²) in [5.41, 5.74) is 0.279. The summed E-state index contributed by atoms with van der Waals surface area (Å²) in [5.74, 6) is -2.43. The van der Waals surface area contributed by atoms with E-state index in [4.69, 9.17) is 9.47 Å². The second-order valence-corrected chi connectivity index (χ2v) is 9.19. The van der Waals surface area contributed by atoms with Gasteiger partial charge in [-0.1, -0.05) is 12.7 Å². The number of aromatic nitrogens is 1. The number of alkyl carbamates (subject to hydrolysis) is 1. The molecular weight excluding hydrogens is 494 g/mol. The monoisotopic (exact) mass is 525 g/mol. The van der Waals surface area contributed by atoms with E-state index in [1.807, 2.05) is 0 Å². The van der Waals surface area contributed by atoms with Gasteiger partial charge in [0.25, 0.3) is 5.91 Å². The fraction of sp³-hybridized carbons (Fsp3) is 0.370. The average Bonchev–Trinajstić information content (AvgIpc) is 3.69. The molecule has 2 aromatic rings. The van der Waals surface area contributed by atoms with Crippen LogP contribution in [-0.2, 0) is 16.1 Å². The number of pyridine rings is 1. The summed E-state index contributed by atoms with van der Waals surface area (Å²) < 4.78 is 10.3. The lowest BCUT2D eigenvalue weighted by Gasteiger charge is -2.18. The van der Waals surface area contributed by atoms with Crippen LogP contribution in [0.25, 0.3) is 17.2 Å². The van der Waals surface area contributed by atoms with Gasteiger partial charge in [0.1, 0.15) is 5.69 Å². The summed E-state index contributed by atoms with van der Waals surface area (Å²) in [7, 11) is 0. The number of esters is 1. The van der Waals surface area contributed by atoms with Crippen LogP contribution in [0.15, 0.2) is 30.8 Å². The number of ether oxygens (including phenoxy) is 2. The Kier molecular flexibility index (Phi) is 9.19. The molecule has 4 N–H and O–H groups in total. The molecule has 1 unspecified atom stereocenters. The molecule has 1 atom stereocenters. The minimum absolute atomic E-state index is 0.0512. The fourth-order valence-electron chi connectivity index (χ4n) is 3.65. The van der Waals surface area contributed by atoms with Gasteiger partial charge in [-0.25, -0.2) is 19.4 Å². The summed E-state index contributed by atoms with van der Waals surface area (Å²) in [5, 5.41) is 24.9. The summed E-state index contributed by atoms with van der Waals surface area (Å²) in [6.07, 6.45) is 1.33. The molecule has 1 aliphatic rings. The number of aliphatic hydroxyl groups is 1. The highest BCUT2D eigenvalue weighted by molar-refractivity contribution is 6.03. The van der Waals surface area contributed by atoms with Gasteiger partial charge in [-0.2, -0.15) is 0 Å². The molecule has 202 valence electrons. The topological polar surface area (TPSA) is 164 Å². The van der Waals surface area contributed by atoms with Gasteiger partial charge >= 0.3 is 18.0 Å². The molecule has 0 spiro atoms. The molecule has 0 bridgehead atoms. The Hall–Kier alpha value is -4.25. The maximum Gasteiger partial charge on any atom is 0.410 e. The van der Waals surface area contributed by atoms with Crippen LogP contribution in [0, 0.1) is 5.92 Å². The zero-order valence-electron chi connectivity index (χ0n) is 21.4. The lowest BCUT2D eigenvalue weighted by molar-refractivity contribution is -0.0607. The highest BCUT2D eigenvalue weighted by atomic mass is 16.7. The number of amides is 2. The molecule has 0 saturated heterocycles. The van der Waals surface area contributed by atoms with E-state index in [0.29, 0.717) is 23.6 Å². The van der Waals surface area contributed by atoms with Gasteiger partial charge in [-0.15, -0.1) is 0 Å². The molecule has 1 heterocycles. The zero-order chi connectivity index (χ0) is 28.0. The Balaban J connectivity index is 2.04. The van der Waals surface area contributed by atoms with Crippen LogP contribution in [0.3, 0.4) is 0 Å². The molecule has 3 rings (SSSR count). The Bertz CT molecular complexity index is 1250. The third kappa shape index (κ3) is 7.16. The number of nitrogens with one attached hydrogen (secondary N) is 2. The van der Waals surface area contributed by atoms with E-state index in [2.05, 4.69) is 22.2 Å². The summed E-state index contributed by atoms with van der Waals surface area (Å²) in [6.45, 7) is 8.49. The van der Waals surface area contributed by atoms with Crippen molar-refractivity contribution in [2.24, 2.45) is 5.92 Å². The first-order valence-electron chi connectivity index (χ1n) is 12.1. The van der Waals surface area contributed by atoms with Crippen LogP contribution in [0.1, 0.15) is 76.1 Å². The quantitative estimate of drug-likeness (QED) is 0.254. The molecule has 38 heavy (non-hydrogen) atoms. The number of rotatable bonds is 11. The van der Waals surface area contributed by atoms with Crippen LogP contribution in [0.5, 0.6) is 0 Å². The summed E-state index contributed by atoms with van der Waals surface area (Å²) >= 11 is 0. The molecule has 1 saturated carbocycles. The Morgan fingerprint density at radius 2 is 1.84 bits per heavy atom. The standard InChI is InChI=1S/C27H31N3O8/c1-5-17-10-21(25(33)34)20(11-18(17)13-31)19-8-9-22(24(32)28-12-16-6-7-16)30-23(19)26(35)37-15(4)38-27(36)29-14(2)3/h5,8-11,14-16,31H,1,6-7,12-13H2,2-4H3,(H,28,32)(H,29,36)(H,33,34). The van der Waals surface area contributed by atoms with Gasteiger partial charge in [0, 0.05) is 25.1 Å². The summed E-state index contributed by atoms with van der Waals surface area (Å²) in [6, 6.07) is 5.29. The second-order valence-electron chi connectivity index (χ2n) is 9.19. The number of carbonyl (C=O) groups is 4. The first-order valence-corrected chi connectivity index (χ1v) is 12.1. The maximum absolute atomic E-state index is 13.2. The van der Waals surface area contributed by atoms with Gasteiger partial charge in [-0.05, 0) is 73.6 Å². The molecule has 11 heteroatoms. The zero-order valence-corrected chi connectivity index (χ0v) is 21.4. The van der Waals surface area contributed by atoms with Crippen molar-refractivity contribution in [2.45, 2.75) is 52.6 Å². The number of aliphatic hydroxyl groups excluding tert-OH is 1. The van der Waals surface area contributed by atoms with Crippen molar-refractivity contribution in [1.29, 1.82) is 0 Å². The molecule has 0 aliphatic heterocycles. The third-order valence-corrected chi connectivity index (χ3v) is 5.71. The van der Waals surface area contributed by atoms with Gasteiger partial charge in [-0.3, -0.25) is 4.79 Å². The van der Waals surface area contributed by atoms with Gasteiger partial charge in [0.15, 0.2) is 5.69 Å². The van der Waals surface area contributed by atoms with E-state index in [0.717, 1.165) is 12.8 Å². The number of benzene rings is 1. The van der Waals surface area contributed by atoms with Crippen LogP contribution < -0.4 is 10.6 Å². The van der Waals surface area contributed by atoms with E-state index < -0.39 is 36.8 Å². The third-order valence-electron chi connectivity index (χ3n) is 5.71. The molecule has 0 radical (unpaired) electrons. The number of hydrogen-bond donors (Lipinski definition) is 4. The van der Waals surface area contributed by atoms with Crippen LogP contribution >= 0.6 is 0 Å². The normalized spacial score (nSPS) is 13.4. The van der Waals surface area contributed by atoms with Crippen LogP contribution in [-0.4, -0.2) is 58.0 Å². The molecule has 2 amide bonds. The fourth-order valence-corrected chi connectivity index (χ4v) is 3.65. The van der Waals surface area contributed by atoms with E-state index in [1.165, 1.54) is 37.3 Å². The Morgan fingerprint density at radius 1 is 1.13 bits per heavy atom. The molecule has 1 aromatic carbocycles. The van der Waals surface area contributed by atoms with Crippen molar-refractivity contribution in [2.75, 3.05) is 6.54 Å². The predicted octanol–water partition coefficient (Wildman–Crippen LogP) is 3.36. The summed E-state index contributed by atoms with van der Waals surface area (Å²) in [4.78, 5) is 54.1. The number of carboxylic acid groups (broad SMARTS) is 1. The van der Waals surface area contributed by atoms with E-state index in [-0.39, 0.29) is 34.1 Å². The number of nitrogens with zero attached hydrogens (tertiary/aromatic N) is 1. The van der Waals surface area contributed by atoms with Crippen molar-refractivity contribution < 1.29 is 38.9 Å². The SMILES string of the molecule is C=Cc1cc(C(=O)O)c(-c2ccc(C(=O)NCC3CC3)nc2C(=O)OC(C)OC(=O)NC(C)C)cc1CO. The largest absolute Gasteiger partial charge is 0.478 e. The first kappa shape index (κ1) is 28.3. The number of aromatic carboxylic acids is 1. The average molecular weight is 526 g/mol. The molecule has 1 aromatic heterocycles. The maximum atomic E-state index is 13.2. The highest BCUT2D eigenvalue weighted by Crippen LogP contribution is 2.31. The van der Waals surface area contributed by atoms with E-state index in [1.54, 1.807) is 13.8 Å². The minimum atomic E-state index is -1.32. The highest BCUT2D eigenvalue weighted by Gasteiger charge is 2.27. The van der Waals surface area contributed by atoms with E-state index >= 15 is 0 Å². The lowest BCUT2D eigenvalue weighted by Crippen LogP contribution is -2.34. The number of hydrogen-bond acceptors (Lipinski definition) is 8. The van der Waals surface area contributed by atoms with E-state index in [9.17, 15) is 29.4 Å². The van der Waals surface area contributed by atoms with Crippen molar-refractivity contribution in [1.82, 2.24) is 15.6 Å². The van der Waals surface area contributed by atoms with Crippen molar-refractivity contribution in [3.63, 3.8) is 0 Å². The van der Waals surface area contributed by atoms with Crippen molar-refractivity contribution in [3.05, 3.63) is 58.9 Å². The molecule has 1 fully saturated rings. The smallest absolute Gasteiger partial charge is 0.410 e. The molecule has 1 aliphatic carbocycles. The van der Waals surface area contributed by atoms with Gasteiger partial charge in [0.2, 0.25) is 6.29 Å². The van der Waals surface area contributed by atoms with Crippen LogP contribution in [0.2, 0.25) is 0 Å².